The molecule has 4 heterocycles. The van der Waals surface area contributed by atoms with E-state index in [1.807, 2.05) is 13.8 Å². The highest BCUT2D eigenvalue weighted by Crippen LogP contribution is 2.45. The van der Waals surface area contributed by atoms with Crippen LogP contribution in [0.2, 0.25) is 0 Å². The Labute approximate surface area is 251 Å². The van der Waals surface area contributed by atoms with Crippen LogP contribution in [0.1, 0.15) is 61.2 Å². The minimum Gasteiger partial charge on any atom is -0.492 e. The Kier molecular flexibility index (Phi) is 8.61. The van der Waals surface area contributed by atoms with Gasteiger partial charge in [-0.05, 0) is 45.0 Å². The van der Waals surface area contributed by atoms with Crippen molar-refractivity contribution in [3.63, 3.8) is 0 Å². The van der Waals surface area contributed by atoms with Crippen LogP contribution in [0, 0.1) is 0 Å². The first-order chi connectivity index (χ1) is 20.3. The van der Waals surface area contributed by atoms with Gasteiger partial charge in [0.25, 0.3) is 5.91 Å². The van der Waals surface area contributed by atoms with E-state index in [2.05, 4.69) is 14.9 Å². The number of halogens is 3. The molecular weight excluding hydrogens is 585 g/mol. The number of ether oxygens (including phenoxy) is 3. The molecule has 0 bridgehead atoms. The van der Waals surface area contributed by atoms with Crippen molar-refractivity contribution >= 4 is 39.1 Å². The summed E-state index contributed by atoms with van der Waals surface area (Å²) in [4.78, 5) is 38.3. The fourth-order valence-electron chi connectivity index (χ4n) is 5.46. The van der Waals surface area contributed by atoms with Crippen LogP contribution in [0.15, 0.2) is 30.0 Å². The Balaban J connectivity index is 1.46. The molecule has 232 valence electrons. The predicted molar refractivity (Wildman–Crippen MR) is 156 cm³/mol. The van der Waals surface area contributed by atoms with Gasteiger partial charge in [-0.3, -0.25) is 9.69 Å². The average molecular weight is 621 g/mol. The first kappa shape index (κ1) is 31.0. The van der Waals surface area contributed by atoms with Crippen molar-refractivity contribution in [2.75, 3.05) is 46.0 Å². The number of morpholine rings is 1. The van der Waals surface area contributed by atoms with Crippen molar-refractivity contribution in [1.82, 2.24) is 19.8 Å². The summed E-state index contributed by atoms with van der Waals surface area (Å²) < 4.78 is 57.4. The van der Waals surface area contributed by atoms with E-state index in [9.17, 15) is 22.8 Å². The third-order valence-corrected chi connectivity index (χ3v) is 8.53. The van der Waals surface area contributed by atoms with Crippen LogP contribution in [0.5, 0.6) is 5.75 Å². The fraction of sp³-hybridized carbons (Fsp3) is 0.500. The van der Waals surface area contributed by atoms with Crippen molar-refractivity contribution in [3.05, 3.63) is 51.8 Å². The maximum atomic E-state index is 14.0. The molecule has 13 heteroatoms. The number of fused-ring (bicyclic) bond motifs is 3. The first-order valence-electron chi connectivity index (χ1n) is 14.1. The number of thiazole rings is 1. The van der Waals surface area contributed by atoms with Crippen molar-refractivity contribution in [2.45, 2.75) is 52.3 Å². The molecule has 0 unspecified atom stereocenters. The summed E-state index contributed by atoms with van der Waals surface area (Å²) in [6.07, 6.45) is -5.07. The maximum absolute atomic E-state index is 14.0. The number of amides is 1. The van der Waals surface area contributed by atoms with E-state index < -0.39 is 28.7 Å². The molecule has 1 N–H and O–H groups in total. The van der Waals surface area contributed by atoms with Gasteiger partial charge in [0.1, 0.15) is 28.3 Å². The average Bonchev–Trinajstić information content (AvgIpc) is 3.48. The number of carbonyl (C=O) groups excluding carboxylic acids is 2. The molecule has 1 amide bonds. The standard InChI is InChI=1S/C30H35F3N4O5S/c1-17(2)42-27(39)21-18(3)37(16-29(4,5)22-23(21)34-25-24(22)35-28(43-25)30(31,32)33)26(38)19-6-8-20(9-7-19)41-15-12-36-10-13-40-14-11-36/h6-9,17,34H,10-16H2,1-5H3. The molecule has 0 spiro atoms. The number of hydrogen-bond acceptors (Lipinski definition) is 8. The monoisotopic (exact) mass is 620 g/mol. The van der Waals surface area contributed by atoms with Crippen LogP contribution in [-0.4, -0.2) is 83.7 Å². The highest BCUT2D eigenvalue weighted by atomic mass is 32.1. The van der Waals surface area contributed by atoms with Crippen LogP contribution in [-0.2, 0) is 25.9 Å². The number of hydrogen-bond donors (Lipinski definition) is 1. The first-order valence-corrected chi connectivity index (χ1v) is 14.9. The summed E-state index contributed by atoms with van der Waals surface area (Å²) in [5, 5.41) is -0.983. The second kappa shape index (κ2) is 11.9. The predicted octanol–water partition coefficient (Wildman–Crippen LogP) is 5.47. The molecule has 0 radical (unpaired) electrons. The Hall–Kier alpha value is -3.42. The molecule has 2 aliphatic heterocycles. The lowest BCUT2D eigenvalue weighted by atomic mass is 9.83. The molecule has 43 heavy (non-hydrogen) atoms. The third kappa shape index (κ3) is 6.43. The Morgan fingerprint density at radius 1 is 1.16 bits per heavy atom. The second-order valence-electron chi connectivity index (χ2n) is 11.6. The van der Waals surface area contributed by atoms with Crippen LogP contribution in [0.3, 0.4) is 0 Å². The number of esters is 1. The molecule has 5 rings (SSSR count). The number of nitrogens with zero attached hydrogens (tertiary/aromatic N) is 3. The zero-order valence-corrected chi connectivity index (χ0v) is 25.6. The highest BCUT2D eigenvalue weighted by Gasteiger charge is 2.43. The Morgan fingerprint density at radius 2 is 1.84 bits per heavy atom. The van der Waals surface area contributed by atoms with Crippen LogP contribution >= 0.6 is 11.3 Å². The van der Waals surface area contributed by atoms with E-state index in [4.69, 9.17) is 14.2 Å². The van der Waals surface area contributed by atoms with Gasteiger partial charge in [0.15, 0.2) is 0 Å². The van der Waals surface area contributed by atoms with E-state index in [1.165, 1.54) is 4.90 Å². The number of H-pyrrole nitrogens is 1. The van der Waals surface area contributed by atoms with Crippen molar-refractivity contribution < 1.29 is 37.0 Å². The summed E-state index contributed by atoms with van der Waals surface area (Å²) >= 11 is 0.486. The number of aromatic nitrogens is 2. The van der Waals surface area contributed by atoms with Gasteiger partial charge in [-0.1, -0.05) is 25.2 Å². The number of rotatable bonds is 7. The van der Waals surface area contributed by atoms with E-state index in [0.717, 1.165) is 19.6 Å². The van der Waals surface area contributed by atoms with Crippen LogP contribution < -0.4 is 4.74 Å². The zero-order valence-electron chi connectivity index (χ0n) is 24.8. The van der Waals surface area contributed by atoms with Crippen molar-refractivity contribution in [2.24, 2.45) is 0 Å². The second-order valence-corrected chi connectivity index (χ2v) is 12.6. The normalized spacial score (nSPS) is 17.7. The summed E-state index contributed by atoms with van der Waals surface area (Å²) in [5.41, 5.74) is 0.786. The molecule has 0 aliphatic carbocycles. The molecule has 1 saturated heterocycles. The molecule has 2 aromatic heterocycles. The summed E-state index contributed by atoms with van der Waals surface area (Å²) in [6.45, 7) is 13.2. The van der Waals surface area contributed by atoms with E-state index >= 15 is 0 Å². The summed E-state index contributed by atoms with van der Waals surface area (Å²) in [6, 6.07) is 6.78. The van der Waals surface area contributed by atoms with Gasteiger partial charge in [-0.15, -0.1) is 0 Å². The van der Waals surface area contributed by atoms with E-state index in [1.54, 1.807) is 45.0 Å². The van der Waals surface area contributed by atoms with Crippen LogP contribution in [0.4, 0.5) is 13.2 Å². The SMILES string of the molecule is CC1=C(C(=O)OC(C)C)c2[nH]c3sc(C(F)(F)F)nc3c2C(C)(C)CN1C(=O)c1ccc(OCCN2CCOCC2)cc1. The quantitative estimate of drug-likeness (QED) is 0.350. The van der Waals surface area contributed by atoms with Gasteiger partial charge in [-0.25, -0.2) is 9.78 Å². The van der Waals surface area contributed by atoms with Gasteiger partial charge in [0, 0.05) is 48.4 Å². The molecule has 1 aromatic carbocycles. The zero-order chi connectivity index (χ0) is 31.1. The molecule has 0 saturated carbocycles. The van der Waals surface area contributed by atoms with Crippen molar-refractivity contribution in [3.8, 4) is 5.75 Å². The topological polar surface area (TPSA) is 97.0 Å². The molecular formula is C30H35F3N4O5S. The fourth-order valence-corrected chi connectivity index (χ4v) is 6.30. The van der Waals surface area contributed by atoms with Crippen molar-refractivity contribution in [1.29, 1.82) is 0 Å². The number of allylic oxidation sites excluding steroid dienone is 1. The smallest absolute Gasteiger partial charge is 0.443 e. The molecule has 3 aromatic rings. The van der Waals surface area contributed by atoms with E-state index in [-0.39, 0.29) is 28.4 Å². The Bertz CT molecular complexity index is 1540. The number of carbonyl (C=O) groups is 2. The minimum atomic E-state index is -4.61. The van der Waals surface area contributed by atoms with Gasteiger partial charge in [0.2, 0.25) is 5.01 Å². The number of nitrogens with one attached hydrogen (secondary N) is 1. The third-order valence-electron chi connectivity index (χ3n) is 7.52. The van der Waals surface area contributed by atoms with Gasteiger partial charge in [-0.2, -0.15) is 13.2 Å². The lowest BCUT2D eigenvalue weighted by molar-refractivity contribution is -0.140. The summed E-state index contributed by atoms with van der Waals surface area (Å²) in [5.74, 6) is -0.426. The number of alkyl halides is 3. The lowest BCUT2D eigenvalue weighted by Crippen LogP contribution is -2.39. The molecule has 0 atom stereocenters. The summed E-state index contributed by atoms with van der Waals surface area (Å²) in [7, 11) is 0. The lowest BCUT2D eigenvalue weighted by Gasteiger charge is -2.31. The van der Waals surface area contributed by atoms with E-state index in [0.29, 0.717) is 59.4 Å². The largest absolute Gasteiger partial charge is 0.492 e. The molecule has 2 aliphatic rings. The van der Waals surface area contributed by atoms with Gasteiger partial charge in [0.05, 0.1) is 25.0 Å². The Morgan fingerprint density at radius 3 is 2.47 bits per heavy atom. The molecule has 9 nitrogen and oxygen atoms in total. The highest BCUT2D eigenvalue weighted by molar-refractivity contribution is 7.18. The van der Waals surface area contributed by atoms with Gasteiger partial charge >= 0.3 is 12.1 Å². The minimum absolute atomic E-state index is 0.0875. The van der Waals surface area contributed by atoms with Gasteiger partial charge < -0.3 is 24.1 Å². The maximum Gasteiger partial charge on any atom is 0.443 e. The number of aromatic amines is 1. The van der Waals surface area contributed by atoms with Crippen LogP contribution in [0.25, 0.3) is 15.9 Å². The number of benzene rings is 1. The molecule has 1 fully saturated rings.